The topological polar surface area (TPSA) is 97.4 Å². The summed E-state index contributed by atoms with van der Waals surface area (Å²) in [4.78, 5) is 16.8. The Morgan fingerprint density at radius 1 is 1.31 bits per heavy atom. The van der Waals surface area contributed by atoms with Crippen LogP contribution in [0.15, 0.2) is 23.1 Å². The van der Waals surface area contributed by atoms with Crippen LogP contribution in [0, 0.1) is 0 Å². The number of hydrogen-bond acceptors (Lipinski definition) is 6. The van der Waals surface area contributed by atoms with Crippen LogP contribution in [-0.2, 0) is 15.9 Å². The van der Waals surface area contributed by atoms with Gasteiger partial charge in [-0.15, -0.1) is 5.10 Å². The average Bonchev–Trinajstić information content (AvgIpc) is 3.06. The Bertz CT molecular complexity index is 752. The van der Waals surface area contributed by atoms with E-state index < -0.39 is 16.8 Å². The molecule has 1 amide bonds. The third-order valence-corrected chi connectivity index (χ3v) is 5.51. The summed E-state index contributed by atoms with van der Waals surface area (Å²) in [6.07, 6.45) is -0.262. The summed E-state index contributed by atoms with van der Waals surface area (Å²) in [6, 6.07) is 5.50. The van der Waals surface area contributed by atoms with Crippen LogP contribution in [0.4, 0.5) is 4.79 Å². The molecule has 1 aromatic carbocycles. The second kappa shape index (κ2) is 7.81. The van der Waals surface area contributed by atoms with Crippen molar-refractivity contribution in [3.8, 4) is 0 Å². The molecule has 8 nitrogen and oxygen atoms in total. The van der Waals surface area contributed by atoms with E-state index in [0.717, 1.165) is 35.6 Å². The molecule has 0 radical (unpaired) electrons. The Labute approximate surface area is 156 Å². The van der Waals surface area contributed by atoms with Crippen molar-refractivity contribution in [2.45, 2.75) is 31.3 Å². The van der Waals surface area contributed by atoms with Gasteiger partial charge in [-0.3, -0.25) is 10.00 Å². The van der Waals surface area contributed by atoms with Gasteiger partial charge in [0, 0.05) is 38.8 Å². The summed E-state index contributed by atoms with van der Waals surface area (Å²) < 4.78 is 17.9. The highest BCUT2D eigenvalue weighted by atomic mass is 32.2. The van der Waals surface area contributed by atoms with Crippen LogP contribution in [-0.4, -0.2) is 79.9 Å². The van der Waals surface area contributed by atoms with E-state index in [0.29, 0.717) is 18.8 Å². The Morgan fingerprint density at radius 2 is 2.04 bits per heavy atom. The Morgan fingerprint density at radius 3 is 2.73 bits per heavy atom. The summed E-state index contributed by atoms with van der Waals surface area (Å²) in [5.74, 6) is 0.555. The number of hydrogen-bond donors (Lipinski definition) is 1. The van der Waals surface area contributed by atoms with Crippen molar-refractivity contribution in [3.63, 3.8) is 0 Å². The van der Waals surface area contributed by atoms with Gasteiger partial charge in [0.25, 0.3) is 0 Å². The molecule has 26 heavy (non-hydrogen) atoms. The maximum atomic E-state index is 12.5. The third kappa shape index (κ3) is 4.87. The van der Waals surface area contributed by atoms with E-state index in [4.69, 9.17) is 4.74 Å². The molecule has 2 aromatic rings. The number of nitrogens with zero attached hydrogens (tertiary/aromatic N) is 4. The van der Waals surface area contributed by atoms with E-state index in [2.05, 4.69) is 20.3 Å². The first-order valence-corrected chi connectivity index (χ1v) is 10.0. The van der Waals surface area contributed by atoms with Gasteiger partial charge < -0.3 is 14.2 Å². The minimum absolute atomic E-state index is 0.262. The number of carbonyl (C=O) groups excluding carboxylic acids is 1. The molecule has 1 unspecified atom stereocenters. The Balaban J connectivity index is 1.45. The number of benzene rings is 1. The first-order valence-electron chi connectivity index (χ1n) is 8.71. The van der Waals surface area contributed by atoms with E-state index >= 15 is 0 Å². The van der Waals surface area contributed by atoms with E-state index in [-0.39, 0.29) is 6.09 Å². The van der Waals surface area contributed by atoms with Gasteiger partial charge in [0.05, 0.1) is 5.52 Å². The summed E-state index contributed by atoms with van der Waals surface area (Å²) in [5, 5.41) is 10.5. The second-order valence-electron chi connectivity index (χ2n) is 7.35. The van der Waals surface area contributed by atoms with Crippen LogP contribution in [0.3, 0.4) is 0 Å². The van der Waals surface area contributed by atoms with Crippen LogP contribution in [0.2, 0.25) is 0 Å². The summed E-state index contributed by atoms with van der Waals surface area (Å²) >= 11 is -1.08. The lowest BCUT2D eigenvalue weighted by atomic mass is 10.2. The molecule has 2 heterocycles. The van der Waals surface area contributed by atoms with Crippen molar-refractivity contribution in [3.05, 3.63) is 18.2 Å². The molecule has 0 saturated carbocycles. The standard InChI is InChI=1S/C17H25N5O3S/c1-17(2,3)25-16(23)22-8-6-21(7-9-22)10-11-26(24)13-4-5-14-15(12-13)19-20-18-14/h4-5,12H,6-11H2,1-3H3,(H,18,19,20). The van der Waals surface area contributed by atoms with Crippen molar-refractivity contribution in [1.82, 2.24) is 25.2 Å². The number of carbonyl (C=O) groups is 1. The van der Waals surface area contributed by atoms with Gasteiger partial charge in [-0.2, -0.15) is 0 Å². The third-order valence-electron chi connectivity index (χ3n) is 4.18. The predicted octanol–water partition coefficient (Wildman–Crippen LogP) is 1.62. The zero-order valence-corrected chi connectivity index (χ0v) is 16.2. The van der Waals surface area contributed by atoms with Gasteiger partial charge >= 0.3 is 6.09 Å². The number of aromatic nitrogens is 3. The van der Waals surface area contributed by atoms with Gasteiger partial charge in [0.2, 0.25) is 0 Å². The maximum absolute atomic E-state index is 12.5. The number of aromatic amines is 1. The number of piperazine rings is 1. The molecule has 1 aromatic heterocycles. The highest BCUT2D eigenvalue weighted by molar-refractivity contribution is 7.91. The fraction of sp³-hybridized carbons (Fsp3) is 0.588. The van der Waals surface area contributed by atoms with Crippen LogP contribution in [0.1, 0.15) is 20.8 Å². The number of rotatable bonds is 4. The molecule has 0 spiro atoms. The van der Waals surface area contributed by atoms with Crippen LogP contribution >= 0.6 is 0 Å². The number of amides is 1. The normalized spacial score (nSPS) is 17.5. The number of ether oxygens (including phenoxy) is 1. The van der Waals surface area contributed by atoms with E-state index in [1.165, 1.54) is 0 Å². The first-order chi connectivity index (χ1) is 12.3. The lowest BCUT2D eigenvalue weighted by Crippen LogP contribution is -2.50. The summed E-state index contributed by atoms with van der Waals surface area (Å²) in [7, 11) is 0. The van der Waals surface area contributed by atoms with Crippen molar-refractivity contribution < 1.29 is 14.1 Å². The zero-order valence-electron chi connectivity index (χ0n) is 15.4. The quantitative estimate of drug-likeness (QED) is 0.811. The number of fused-ring (bicyclic) bond motifs is 1. The number of nitrogens with one attached hydrogen (secondary N) is 1. The minimum atomic E-state index is -1.08. The fourth-order valence-corrected chi connectivity index (χ4v) is 3.91. The largest absolute Gasteiger partial charge is 0.611 e. The molecular weight excluding hydrogens is 354 g/mol. The molecule has 1 fully saturated rings. The Kier molecular flexibility index (Phi) is 5.69. The molecule has 1 atom stereocenters. The molecule has 1 aliphatic heterocycles. The molecule has 0 bridgehead atoms. The van der Waals surface area contributed by atoms with Crippen molar-refractivity contribution in [1.29, 1.82) is 0 Å². The van der Waals surface area contributed by atoms with Crippen molar-refractivity contribution >= 4 is 28.3 Å². The molecule has 9 heteroatoms. The first kappa shape index (κ1) is 18.9. The SMILES string of the molecule is CC(C)(C)OC(=O)N1CCN(CC[S+]([O-])c2ccc3nn[nH]c3c2)CC1. The van der Waals surface area contributed by atoms with Gasteiger partial charge in [0.1, 0.15) is 16.9 Å². The monoisotopic (exact) mass is 379 g/mol. The Hall–Kier alpha value is -1.84. The smallest absolute Gasteiger partial charge is 0.410 e. The lowest BCUT2D eigenvalue weighted by molar-refractivity contribution is 0.0150. The number of H-pyrrole nitrogens is 1. The van der Waals surface area contributed by atoms with Gasteiger partial charge in [-0.05, 0) is 44.1 Å². The highest BCUT2D eigenvalue weighted by Gasteiger charge is 2.26. The second-order valence-corrected chi connectivity index (χ2v) is 8.92. The van der Waals surface area contributed by atoms with Crippen LogP contribution < -0.4 is 0 Å². The van der Waals surface area contributed by atoms with E-state index in [9.17, 15) is 9.35 Å². The van der Waals surface area contributed by atoms with Gasteiger partial charge in [-0.25, -0.2) is 4.79 Å². The van der Waals surface area contributed by atoms with Crippen molar-refractivity contribution in [2.24, 2.45) is 0 Å². The zero-order chi connectivity index (χ0) is 18.7. The molecule has 3 rings (SSSR count). The molecule has 142 valence electrons. The van der Waals surface area contributed by atoms with Gasteiger partial charge in [-0.1, -0.05) is 5.21 Å². The maximum Gasteiger partial charge on any atom is 0.410 e. The molecule has 1 N–H and O–H groups in total. The molecule has 1 aliphatic rings. The summed E-state index contributed by atoms with van der Waals surface area (Å²) in [5.41, 5.74) is 1.09. The van der Waals surface area contributed by atoms with Crippen LogP contribution in [0.5, 0.6) is 0 Å². The van der Waals surface area contributed by atoms with E-state index in [1.54, 1.807) is 4.90 Å². The fourth-order valence-electron chi connectivity index (χ4n) is 2.78. The lowest BCUT2D eigenvalue weighted by Gasteiger charge is -2.35. The minimum Gasteiger partial charge on any atom is -0.611 e. The molecular formula is C17H25N5O3S. The molecule has 1 saturated heterocycles. The van der Waals surface area contributed by atoms with E-state index in [1.807, 2.05) is 39.0 Å². The highest BCUT2D eigenvalue weighted by Crippen LogP contribution is 2.17. The van der Waals surface area contributed by atoms with Crippen molar-refractivity contribution in [2.75, 3.05) is 38.5 Å². The van der Waals surface area contributed by atoms with Crippen LogP contribution in [0.25, 0.3) is 11.0 Å². The average molecular weight is 379 g/mol. The van der Waals surface area contributed by atoms with Gasteiger partial charge in [0.15, 0.2) is 4.90 Å². The molecule has 0 aliphatic carbocycles. The predicted molar refractivity (Wildman–Crippen MR) is 99.4 cm³/mol. The summed E-state index contributed by atoms with van der Waals surface area (Å²) in [6.45, 7) is 9.13.